The zero-order chi connectivity index (χ0) is 17.6. The summed E-state index contributed by atoms with van der Waals surface area (Å²) in [7, 11) is 0. The Balaban J connectivity index is 0.00000169. The van der Waals surface area contributed by atoms with E-state index in [-0.39, 0.29) is 48.2 Å². The van der Waals surface area contributed by atoms with Gasteiger partial charge in [-0.3, -0.25) is 4.79 Å². The lowest BCUT2D eigenvalue weighted by Gasteiger charge is -2.42. The van der Waals surface area contributed by atoms with Gasteiger partial charge in [0.05, 0.1) is 17.5 Å². The van der Waals surface area contributed by atoms with Crippen molar-refractivity contribution in [3.05, 3.63) is 23.5 Å². The van der Waals surface area contributed by atoms with Crippen LogP contribution in [-0.2, 0) is 0 Å². The quantitative estimate of drug-likeness (QED) is 0.836. The molecule has 1 atom stereocenters. The molecule has 1 saturated heterocycles. The minimum absolute atomic E-state index is 0. The van der Waals surface area contributed by atoms with Crippen LogP contribution in [0.25, 0.3) is 11.0 Å². The highest BCUT2D eigenvalue weighted by molar-refractivity contribution is 5.98. The predicted molar refractivity (Wildman–Crippen MR) is 109 cm³/mol. The van der Waals surface area contributed by atoms with Crippen LogP contribution in [0, 0.1) is 12.3 Å². The molecule has 26 heavy (non-hydrogen) atoms. The molecule has 0 spiro atoms. The third-order valence-electron chi connectivity index (χ3n) is 5.08. The highest BCUT2D eigenvalue weighted by Gasteiger charge is 2.36. The second-order valence-corrected chi connectivity index (χ2v) is 7.83. The maximum atomic E-state index is 13.0. The molecule has 0 bridgehead atoms. The Labute approximate surface area is 167 Å². The van der Waals surface area contributed by atoms with Crippen LogP contribution in [0.2, 0.25) is 0 Å². The summed E-state index contributed by atoms with van der Waals surface area (Å²) >= 11 is 0. The number of piperidine rings is 1. The van der Waals surface area contributed by atoms with Gasteiger partial charge in [0, 0.05) is 30.6 Å². The first-order valence-electron chi connectivity index (χ1n) is 8.60. The molecule has 3 rings (SSSR count). The highest BCUT2D eigenvalue weighted by Crippen LogP contribution is 2.29. The molecule has 1 aliphatic heterocycles. The monoisotopic (exact) mass is 401 g/mol. The number of amides is 1. The zero-order valence-corrected chi connectivity index (χ0v) is 17.7. The SMILES string of the molecule is Cc1nc2c(cnn2C(C)C)cc1C(=O)N1CCC(N)C(C)(C)C1.Cl.Cl. The lowest BCUT2D eigenvalue weighted by atomic mass is 9.79. The number of carbonyl (C=O) groups is 1. The molecule has 1 unspecified atom stereocenters. The number of hydrogen-bond donors (Lipinski definition) is 1. The molecule has 1 fully saturated rings. The van der Waals surface area contributed by atoms with E-state index in [9.17, 15) is 4.79 Å². The van der Waals surface area contributed by atoms with Crippen LogP contribution >= 0.6 is 24.8 Å². The molecular weight excluding hydrogens is 373 g/mol. The third kappa shape index (κ3) is 3.97. The number of aromatic nitrogens is 3. The fourth-order valence-corrected chi connectivity index (χ4v) is 3.38. The Morgan fingerprint density at radius 1 is 1.35 bits per heavy atom. The fourth-order valence-electron chi connectivity index (χ4n) is 3.38. The molecule has 0 aliphatic carbocycles. The predicted octanol–water partition coefficient (Wildman–Crippen LogP) is 3.36. The summed E-state index contributed by atoms with van der Waals surface area (Å²) in [5.74, 6) is 0.0409. The summed E-state index contributed by atoms with van der Waals surface area (Å²) in [5, 5.41) is 5.30. The van der Waals surface area contributed by atoms with Gasteiger partial charge in [0.1, 0.15) is 0 Å². The van der Waals surface area contributed by atoms with Crippen molar-refractivity contribution in [2.75, 3.05) is 13.1 Å². The van der Waals surface area contributed by atoms with E-state index in [1.54, 1.807) is 6.20 Å². The number of pyridine rings is 1. The Bertz CT molecular complexity index is 787. The van der Waals surface area contributed by atoms with Crippen molar-refractivity contribution >= 4 is 41.8 Å². The van der Waals surface area contributed by atoms with Crippen LogP contribution in [0.1, 0.15) is 56.2 Å². The van der Waals surface area contributed by atoms with E-state index < -0.39 is 0 Å². The van der Waals surface area contributed by atoms with Crippen molar-refractivity contribution in [3.8, 4) is 0 Å². The van der Waals surface area contributed by atoms with Crippen LogP contribution < -0.4 is 5.73 Å². The molecule has 2 aromatic rings. The molecule has 8 heteroatoms. The molecule has 0 radical (unpaired) electrons. The van der Waals surface area contributed by atoms with E-state index in [0.717, 1.165) is 23.1 Å². The van der Waals surface area contributed by atoms with Gasteiger partial charge in [-0.15, -0.1) is 24.8 Å². The molecule has 6 nitrogen and oxygen atoms in total. The maximum absolute atomic E-state index is 13.0. The summed E-state index contributed by atoms with van der Waals surface area (Å²) in [4.78, 5) is 19.6. The van der Waals surface area contributed by atoms with Crippen LogP contribution in [0.4, 0.5) is 0 Å². The van der Waals surface area contributed by atoms with Crippen molar-refractivity contribution in [2.45, 2.75) is 53.1 Å². The first kappa shape index (κ1) is 22.7. The molecule has 1 aliphatic rings. The minimum Gasteiger partial charge on any atom is -0.338 e. The standard InChI is InChI=1S/C18H27N5O.2ClH/c1-11(2)23-16-13(9-20-23)8-14(12(3)21-16)17(24)22-7-6-15(19)18(4,5)10-22;;/h8-9,11,15H,6-7,10,19H2,1-5H3;2*1H. The number of likely N-dealkylation sites (tertiary alicyclic amines) is 1. The summed E-state index contributed by atoms with van der Waals surface area (Å²) in [6.07, 6.45) is 2.62. The van der Waals surface area contributed by atoms with Crippen molar-refractivity contribution in [1.82, 2.24) is 19.7 Å². The van der Waals surface area contributed by atoms with Crippen molar-refractivity contribution in [3.63, 3.8) is 0 Å². The Hall–Kier alpha value is -1.37. The number of carbonyl (C=O) groups excluding carboxylic acids is 1. The van der Waals surface area contributed by atoms with Gasteiger partial charge < -0.3 is 10.6 Å². The second kappa shape index (κ2) is 8.11. The molecule has 1 amide bonds. The molecule has 0 saturated carbocycles. The van der Waals surface area contributed by atoms with E-state index in [4.69, 9.17) is 5.73 Å². The molecule has 0 aromatic carbocycles. The highest BCUT2D eigenvalue weighted by atomic mass is 35.5. The van der Waals surface area contributed by atoms with Gasteiger partial charge in [-0.2, -0.15) is 5.10 Å². The summed E-state index contributed by atoms with van der Waals surface area (Å²) in [6, 6.07) is 2.29. The summed E-state index contributed by atoms with van der Waals surface area (Å²) in [5.41, 5.74) is 8.37. The van der Waals surface area contributed by atoms with Gasteiger partial charge in [0.25, 0.3) is 5.91 Å². The van der Waals surface area contributed by atoms with Gasteiger partial charge in [-0.25, -0.2) is 9.67 Å². The number of rotatable bonds is 2. The first-order chi connectivity index (χ1) is 11.2. The first-order valence-corrected chi connectivity index (χ1v) is 8.60. The average Bonchev–Trinajstić information content (AvgIpc) is 2.91. The molecular formula is C18H29Cl2N5O. The van der Waals surface area contributed by atoms with Gasteiger partial charge >= 0.3 is 0 Å². The smallest absolute Gasteiger partial charge is 0.255 e. The van der Waals surface area contributed by atoms with Crippen LogP contribution in [-0.4, -0.2) is 44.7 Å². The number of halogens is 2. The van der Waals surface area contributed by atoms with Crippen molar-refractivity contribution < 1.29 is 4.79 Å². The second-order valence-electron chi connectivity index (χ2n) is 7.83. The van der Waals surface area contributed by atoms with Crippen molar-refractivity contribution in [1.29, 1.82) is 0 Å². The van der Waals surface area contributed by atoms with Crippen LogP contribution in [0.5, 0.6) is 0 Å². The Morgan fingerprint density at radius 3 is 2.58 bits per heavy atom. The summed E-state index contributed by atoms with van der Waals surface area (Å²) < 4.78 is 1.89. The average molecular weight is 402 g/mol. The van der Waals surface area contributed by atoms with E-state index >= 15 is 0 Å². The number of nitrogens with zero attached hydrogens (tertiary/aromatic N) is 4. The zero-order valence-electron chi connectivity index (χ0n) is 16.0. The lowest BCUT2D eigenvalue weighted by Crippen LogP contribution is -2.54. The molecule has 3 heterocycles. The summed E-state index contributed by atoms with van der Waals surface area (Å²) in [6.45, 7) is 11.7. The van der Waals surface area contributed by atoms with Crippen LogP contribution in [0.15, 0.2) is 12.3 Å². The van der Waals surface area contributed by atoms with Gasteiger partial charge in [0.15, 0.2) is 5.65 Å². The van der Waals surface area contributed by atoms with E-state index in [0.29, 0.717) is 18.7 Å². The van der Waals surface area contributed by atoms with E-state index in [2.05, 4.69) is 37.8 Å². The number of fused-ring (bicyclic) bond motifs is 1. The fraction of sp³-hybridized carbons (Fsp3) is 0.611. The molecule has 2 aromatic heterocycles. The van der Waals surface area contributed by atoms with E-state index in [1.807, 2.05) is 22.6 Å². The topological polar surface area (TPSA) is 77.0 Å². The van der Waals surface area contributed by atoms with Gasteiger partial charge in [-0.1, -0.05) is 13.8 Å². The normalized spacial score (nSPS) is 19.2. The maximum Gasteiger partial charge on any atom is 0.255 e. The Morgan fingerprint density at radius 2 is 2.00 bits per heavy atom. The Kier molecular flexibility index (Phi) is 7.07. The minimum atomic E-state index is -0.0676. The van der Waals surface area contributed by atoms with Crippen LogP contribution in [0.3, 0.4) is 0 Å². The number of nitrogens with two attached hydrogens (primary N) is 1. The molecule has 146 valence electrons. The largest absolute Gasteiger partial charge is 0.338 e. The van der Waals surface area contributed by atoms with E-state index in [1.165, 1.54) is 0 Å². The van der Waals surface area contributed by atoms with Gasteiger partial charge in [-0.05, 0) is 38.7 Å². The molecule has 2 N–H and O–H groups in total. The number of aryl methyl sites for hydroxylation is 1. The van der Waals surface area contributed by atoms with Crippen molar-refractivity contribution in [2.24, 2.45) is 11.1 Å². The lowest BCUT2D eigenvalue weighted by molar-refractivity contribution is 0.0532. The number of hydrogen-bond acceptors (Lipinski definition) is 4. The third-order valence-corrected chi connectivity index (χ3v) is 5.08. The van der Waals surface area contributed by atoms with Gasteiger partial charge in [0.2, 0.25) is 0 Å².